The summed E-state index contributed by atoms with van der Waals surface area (Å²) in [5.74, 6) is -0.274. The molecule has 4 nitrogen and oxygen atoms in total. The van der Waals surface area contributed by atoms with Crippen LogP contribution in [0.4, 0.5) is 0 Å². The van der Waals surface area contributed by atoms with Crippen LogP contribution in [-0.2, 0) is 9.59 Å². The summed E-state index contributed by atoms with van der Waals surface area (Å²) >= 11 is 0. The van der Waals surface area contributed by atoms with E-state index < -0.39 is 12.1 Å². The highest BCUT2D eigenvalue weighted by Gasteiger charge is 2.50. The van der Waals surface area contributed by atoms with Gasteiger partial charge in [-0.25, -0.2) is 0 Å². The fourth-order valence-corrected chi connectivity index (χ4v) is 8.78. The second-order valence-electron chi connectivity index (χ2n) is 17.3. The summed E-state index contributed by atoms with van der Waals surface area (Å²) in [7, 11) is 0. The molecule has 2 amide bonds. The number of nitrogens with zero attached hydrogens (tertiary/aromatic N) is 1. The maximum Gasteiger partial charge on any atom is 0.237 e. The van der Waals surface area contributed by atoms with Crippen LogP contribution in [0.1, 0.15) is 284 Å². The van der Waals surface area contributed by atoms with Crippen LogP contribution < -0.4 is 0 Å². The van der Waals surface area contributed by atoms with Crippen molar-refractivity contribution in [1.82, 2.24) is 4.90 Å². The van der Waals surface area contributed by atoms with Gasteiger partial charge < -0.3 is 5.11 Å². The molecule has 0 bridgehead atoms. The number of imide groups is 1. The molecule has 1 heterocycles. The van der Waals surface area contributed by atoms with Gasteiger partial charge in [0.05, 0.1) is 5.41 Å². The number of likely N-dealkylation sites (tertiary alicyclic amines) is 1. The summed E-state index contributed by atoms with van der Waals surface area (Å²) in [6.45, 7) is 4.10. The minimum Gasteiger partial charge on any atom is -0.376 e. The third kappa shape index (κ3) is 26.8. The van der Waals surface area contributed by atoms with Gasteiger partial charge >= 0.3 is 0 Å². The zero-order chi connectivity index (χ0) is 37.6. The van der Waals surface area contributed by atoms with Gasteiger partial charge in [-0.05, 0) is 12.8 Å². The Morgan fingerprint density at radius 1 is 0.385 bits per heavy atom. The lowest BCUT2D eigenvalue weighted by Gasteiger charge is -2.26. The normalized spacial score (nSPS) is 16.2. The summed E-state index contributed by atoms with van der Waals surface area (Å²) in [5, 5.41) is 9.64. The molecule has 52 heavy (non-hydrogen) atoms. The molecule has 4 heteroatoms. The fraction of sp³-hybridized carbons (Fsp3) is 0.958. The number of carbonyl (C=O) groups is 2. The van der Waals surface area contributed by atoms with Crippen LogP contribution >= 0.6 is 0 Å². The maximum absolute atomic E-state index is 13.2. The zero-order valence-electron chi connectivity index (χ0n) is 35.6. The first-order chi connectivity index (χ1) is 25.6. The first-order valence-electron chi connectivity index (χ1n) is 24.1. The predicted molar refractivity (Wildman–Crippen MR) is 227 cm³/mol. The molecule has 0 aliphatic carbocycles. The lowest BCUT2D eigenvalue weighted by Crippen LogP contribution is -2.36. The topological polar surface area (TPSA) is 57.6 Å². The van der Waals surface area contributed by atoms with Crippen LogP contribution in [0.3, 0.4) is 0 Å². The highest BCUT2D eigenvalue weighted by molar-refractivity contribution is 6.05. The van der Waals surface area contributed by atoms with Crippen molar-refractivity contribution in [1.29, 1.82) is 0 Å². The Bertz CT molecular complexity index is 784. The van der Waals surface area contributed by atoms with E-state index in [0.717, 1.165) is 43.4 Å². The molecule has 1 fully saturated rings. The second kappa shape index (κ2) is 37.0. The van der Waals surface area contributed by atoms with E-state index in [-0.39, 0.29) is 11.8 Å². The van der Waals surface area contributed by atoms with Gasteiger partial charge in [-0.3, -0.25) is 14.5 Å². The molecule has 0 spiro atoms. The van der Waals surface area contributed by atoms with Crippen molar-refractivity contribution < 1.29 is 14.7 Å². The third-order valence-electron chi connectivity index (χ3n) is 12.4. The van der Waals surface area contributed by atoms with E-state index in [1.807, 2.05) is 0 Å². The minimum atomic E-state index is -0.549. The first kappa shape index (κ1) is 49.1. The molecule has 308 valence electrons. The summed E-state index contributed by atoms with van der Waals surface area (Å²) in [6.07, 6.45) is 55.4. The smallest absolute Gasteiger partial charge is 0.237 e. The van der Waals surface area contributed by atoms with Crippen LogP contribution in [0, 0.1) is 5.41 Å². The van der Waals surface area contributed by atoms with E-state index >= 15 is 0 Å². The Balaban J connectivity index is 1.89. The minimum absolute atomic E-state index is 0.102. The summed E-state index contributed by atoms with van der Waals surface area (Å²) in [6, 6.07) is 0. The van der Waals surface area contributed by atoms with E-state index in [0.29, 0.717) is 6.42 Å². The van der Waals surface area contributed by atoms with Crippen LogP contribution in [0.5, 0.6) is 0 Å². The number of aliphatic hydroxyl groups is 1. The highest BCUT2D eigenvalue weighted by Crippen LogP contribution is 2.42. The number of amides is 2. The number of hydrogen-bond acceptors (Lipinski definition) is 3. The van der Waals surface area contributed by atoms with Gasteiger partial charge in [0.15, 0.2) is 0 Å². The van der Waals surface area contributed by atoms with Crippen molar-refractivity contribution >= 4 is 11.8 Å². The largest absolute Gasteiger partial charge is 0.376 e. The Kier molecular flexibility index (Phi) is 35.0. The Morgan fingerprint density at radius 3 is 0.788 bits per heavy atom. The molecule has 1 atom stereocenters. The number of carbonyl (C=O) groups excluding carboxylic acids is 2. The van der Waals surface area contributed by atoms with E-state index in [9.17, 15) is 14.7 Å². The van der Waals surface area contributed by atoms with Gasteiger partial charge in [0.2, 0.25) is 11.8 Å². The van der Waals surface area contributed by atoms with E-state index in [1.165, 1.54) is 225 Å². The van der Waals surface area contributed by atoms with Crippen LogP contribution in [0.2, 0.25) is 0 Å². The van der Waals surface area contributed by atoms with E-state index in [2.05, 4.69) is 13.8 Å². The molecule has 1 N–H and O–H groups in total. The summed E-state index contributed by atoms with van der Waals surface area (Å²) < 4.78 is 0. The molecule has 1 rings (SSSR count). The molecule has 0 aromatic rings. The van der Waals surface area contributed by atoms with Crippen molar-refractivity contribution in [3.8, 4) is 0 Å². The lowest BCUT2D eigenvalue weighted by molar-refractivity contribution is -0.145. The fourth-order valence-electron chi connectivity index (χ4n) is 8.78. The van der Waals surface area contributed by atoms with Crippen LogP contribution in [-0.4, -0.2) is 28.6 Å². The van der Waals surface area contributed by atoms with Crippen molar-refractivity contribution in [2.24, 2.45) is 5.41 Å². The molecule has 1 aliphatic rings. The zero-order valence-corrected chi connectivity index (χ0v) is 35.6. The quantitative estimate of drug-likeness (QED) is 0.0502. The maximum atomic E-state index is 13.2. The summed E-state index contributed by atoms with van der Waals surface area (Å²) in [5.41, 5.74) is -0.549. The van der Waals surface area contributed by atoms with E-state index in [4.69, 9.17) is 0 Å². The molecule has 1 unspecified atom stereocenters. The summed E-state index contributed by atoms with van der Waals surface area (Å²) in [4.78, 5) is 26.8. The van der Waals surface area contributed by atoms with Crippen LogP contribution in [0.15, 0.2) is 0 Å². The predicted octanol–water partition coefficient (Wildman–Crippen LogP) is 15.7. The van der Waals surface area contributed by atoms with Gasteiger partial charge in [-0.15, -0.1) is 0 Å². The second-order valence-corrected chi connectivity index (χ2v) is 17.3. The van der Waals surface area contributed by atoms with Crippen molar-refractivity contribution in [3.05, 3.63) is 0 Å². The van der Waals surface area contributed by atoms with Gasteiger partial charge in [-0.2, -0.15) is 0 Å². The number of hydrogen-bond donors (Lipinski definition) is 1. The number of unbranched alkanes of at least 4 members (excludes halogenated alkanes) is 37. The van der Waals surface area contributed by atoms with Crippen molar-refractivity contribution in [3.63, 3.8) is 0 Å². The molecule has 0 radical (unpaired) electrons. The van der Waals surface area contributed by atoms with Crippen molar-refractivity contribution in [2.45, 2.75) is 284 Å². The van der Waals surface area contributed by atoms with Gasteiger partial charge in [-0.1, -0.05) is 264 Å². The molecular formula is C48H93NO3. The van der Waals surface area contributed by atoms with Crippen molar-refractivity contribution in [2.75, 3.05) is 6.73 Å². The van der Waals surface area contributed by atoms with Gasteiger partial charge in [0.1, 0.15) is 6.73 Å². The standard InChI is InChI=1S/C48H93NO3/c1-3-5-7-9-11-13-14-15-16-17-18-19-20-21-22-23-24-25-26-27-28-29-30-31-32-33-35-37-39-41-43-48(44-46(51)49(45-50)47(48)52)42-40-38-36-34-12-10-8-6-4-2/h50H,3-45H2,1-2H3. The Morgan fingerprint density at radius 2 is 0.596 bits per heavy atom. The molecule has 1 aliphatic heterocycles. The molecular weight excluding hydrogens is 639 g/mol. The number of aliphatic hydroxyl groups excluding tert-OH is 1. The third-order valence-corrected chi connectivity index (χ3v) is 12.4. The monoisotopic (exact) mass is 732 g/mol. The van der Waals surface area contributed by atoms with Gasteiger partial charge in [0, 0.05) is 6.42 Å². The molecule has 0 aromatic heterocycles. The molecule has 0 saturated carbocycles. The van der Waals surface area contributed by atoms with Crippen LogP contribution in [0.25, 0.3) is 0 Å². The van der Waals surface area contributed by atoms with Gasteiger partial charge in [0.25, 0.3) is 0 Å². The highest BCUT2D eigenvalue weighted by atomic mass is 16.3. The lowest BCUT2D eigenvalue weighted by atomic mass is 9.76. The number of rotatable bonds is 42. The Hall–Kier alpha value is -0.900. The molecule has 1 saturated heterocycles. The first-order valence-corrected chi connectivity index (χ1v) is 24.1. The molecule has 0 aromatic carbocycles. The average Bonchev–Trinajstić information content (AvgIpc) is 3.39. The average molecular weight is 732 g/mol. The Labute approximate surface area is 326 Å². The van der Waals surface area contributed by atoms with E-state index in [1.54, 1.807) is 0 Å². The SMILES string of the molecule is CCCCCCCCCCCCCCCCCCCCCCCCCCCCCCCCC1(CCCCCCCCCCC)CC(=O)N(CO)C1=O.